The normalized spacial score (nSPS) is 13.0. The zero-order chi connectivity index (χ0) is 16.8. The molecule has 7 heteroatoms. The Bertz CT molecular complexity index is 601. The molecule has 0 saturated carbocycles. The Labute approximate surface area is 133 Å². The number of sulfonamides is 1. The van der Waals surface area contributed by atoms with E-state index in [2.05, 4.69) is 41.1 Å². The fourth-order valence-electron chi connectivity index (χ4n) is 1.72. The molecule has 6 nitrogen and oxygen atoms in total. The van der Waals surface area contributed by atoms with E-state index in [0.717, 1.165) is 18.1 Å². The van der Waals surface area contributed by atoms with Crippen molar-refractivity contribution in [1.82, 2.24) is 15.4 Å². The molecule has 0 bridgehead atoms. The molecule has 0 amide bonds. The predicted molar refractivity (Wildman–Crippen MR) is 90.4 cm³/mol. The van der Waals surface area contributed by atoms with Crippen molar-refractivity contribution < 1.29 is 8.42 Å². The quantitative estimate of drug-likeness (QED) is 0.565. The zero-order valence-electron chi connectivity index (χ0n) is 13.9. The lowest BCUT2D eigenvalue weighted by Gasteiger charge is -2.23. The Kier molecular flexibility index (Phi) is 6.37. The van der Waals surface area contributed by atoms with E-state index >= 15 is 0 Å². The summed E-state index contributed by atoms with van der Waals surface area (Å²) in [5.41, 5.74) is 0.868. The Morgan fingerprint density at radius 2 is 1.77 bits per heavy atom. The molecule has 0 saturated heterocycles. The summed E-state index contributed by atoms with van der Waals surface area (Å²) in [4.78, 5) is 4.76. The van der Waals surface area contributed by atoms with E-state index in [1.165, 1.54) is 7.05 Å². The number of nitrogens with zero attached hydrogens (tertiary/aromatic N) is 1. The van der Waals surface area contributed by atoms with Crippen LogP contribution >= 0.6 is 0 Å². The van der Waals surface area contributed by atoms with Gasteiger partial charge in [-0.3, -0.25) is 0 Å². The molecule has 0 spiro atoms. The van der Waals surface area contributed by atoms with Crippen LogP contribution in [-0.4, -0.2) is 33.5 Å². The van der Waals surface area contributed by atoms with Crippen LogP contribution in [0.1, 0.15) is 33.3 Å². The van der Waals surface area contributed by atoms with E-state index in [1.807, 2.05) is 6.92 Å². The highest BCUT2D eigenvalue weighted by atomic mass is 32.2. The van der Waals surface area contributed by atoms with E-state index in [9.17, 15) is 8.42 Å². The second-order valence-electron chi connectivity index (χ2n) is 5.92. The smallest absolute Gasteiger partial charge is 0.240 e. The van der Waals surface area contributed by atoms with Gasteiger partial charge in [-0.25, -0.2) is 18.1 Å². The molecule has 1 aromatic carbocycles. The molecule has 1 aromatic rings. The van der Waals surface area contributed by atoms with Crippen molar-refractivity contribution in [3.05, 3.63) is 29.8 Å². The van der Waals surface area contributed by atoms with Crippen molar-refractivity contribution in [2.45, 2.75) is 44.7 Å². The van der Waals surface area contributed by atoms with E-state index in [4.69, 9.17) is 0 Å². The third kappa shape index (κ3) is 6.03. The van der Waals surface area contributed by atoms with Gasteiger partial charge in [0, 0.05) is 12.1 Å². The molecule has 22 heavy (non-hydrogen) atoms. The van der Waals surface area contributed by atoms with Crippen LogP contribution in [0.4, 0.5) is 0 Å². The van der Waals surface area contributed by atoms with Crippen LogP contribution < -0.4 is 15.4 Å². The molecule has 0 aliphatic carbocycles. The van der Waals surface area contributed by atoms with Gasteiger partial charge in [-0.2, -0.15) is 0 Å². The summed E-state index contributed by atoms with van der Waals surface area (Å²) >= 11 is 0. The Morgan fingerprint density at radius 1 is 1.18 bits per heavy atom. The summed E-state index contributed by atoms with van der Waals surface area (Å²) in [6.07, 6.45) is 0. The monoisotopic (exact) mass is 326 g/mol. The topological polar surface area (TPSA) is 82.6 Å². The van der Waals surface area contributed by atoms with Gasteiger partial charge in [0.15, 0.2) is 5.96 Å². The van der Waals surface area contributed by atoms with Crippen LogP contribution in [-0.2, 0) is 16.6 Å². The molecule has 124 valence electrons. The molecule has 0 atom stereocenters. The fraction of sp³-hybridized carbons (Fsp3) is 0.533. The molecule has 0 aliphatic rings. The van der Waals surface area contributed by atoms with Crippen molar-refractivity contribution in [3.8, 4) is 0 Å². The summed E-state index contributed by atoms with van der Waals surface area (Å²) in [5, 5.41) is 6.49. The highest BCUT2D eigenvalue weighted by Crippen LogP contribution is 2.11. The number of aliphatic imine (C=N–C) groups is 1. The molecule has 3 N–H and O–H groups in total. The maximum absolute atomic E-state index is 11.7. The van der Waals surface area contributed by atoms with Gasteiger partial charge in [0.05, 0.1) is 11.4 Å². The summed E-state index contributed by atoms with van der Waals surface area (Å²) < 4.78 is 25.6. The van der Waals surface area contributed by atoms with Crippen LogP contribution in [0.15, 0.2) is 34.2 Å². The highest BCUT2D eigenvalue weighted by Gasteiger charge is 2.12. The Balaban J connectivity index is 2.83. The summed E-state index contributed by atoms with van der Waals surface area (Å²) in [7, 11) is -1.99. The molecule has 0 fully saturated rings. The summed E-state index contributed by atoms with van der Waals surface area (Å²) in [5.74, 6) is 0.738. The van der Waals surface area contributed by atoms with Gasteiger partial charge in [0.2, 0.25) is 10.0 Å². The van der Waals surface area contributed by atoms with E-state index in [-0.39, 0.29) is 10.4 Å². The SMILES string of the molecule is CCNC(=NCc1ccc(S(=O)(=O)NC)cc1)NC(C)(C)C. The average Bonchev–Trinajstić information content (AvgIpc) is 2.44. The molecule has 0 aromatic heterocycles. The number of hydrogen-bond donors (Lipinski definition) is 3. The second kappa shape index (κ2) is 7.60. The minimum absolute atomic E-state index is 0.0776. The third-order valence-electron chi connectivity index (χ3n) is 2.76. The van der Waals surface area contributed by atoms with Crippen molar-refractivity contribution in [2.75, 3.05) is 13.6 Å². The van der Waals surface area contributed by atoms with Crippen LogP contribution in [0.5, 0.6) is 0 Å². The fourth-order valence-corrected chi connectivity index (χ4v) is 2.45. The maximum atomic E-state index is 11.7. The molecule has 0 radical (unpaired) electrons. The molecule has 0 aliphatic heterocycles. The van der Waals surface area contributed by atoms with Gasteiger partial charge in [-0.05, 0) is 52.4 Å². The number of guanidine groups is 1. The lowest BCUT2D eigenvalue weighted by Crippen LogP contribution is -2.47. The lowest BCUT2D eigenvalue weighted by molar-refractivity contribution is 0.501. The van der Waals surface area contributed by atoms with E-state index < -0.39 is 10.0 Å². The number of nitrogens with one attached hydrogen (secondary N) is 3. The van der Waals surface area contributed by atoms with Crippen molar-refractivity contribution in [2.24, 2.45) is 4.99 Å². The Morgan fingerprint density at radius 3 is 2.23 bits per heavy atom. The van der Waals surface area contributed by atoms with Crippen LogP contribution in [0.2, 0.25) is 0 Å². The maximum Gasteiger partial charge on any atom is 0.240 e. The first kappa shape index (κ1) is 18.4. The van der Waals surface area contributed by atoms with Crippen LogP contribution in [0.25, 0.3) is 0 Å². The van der Waals surface area contributed by atoms with Crippen molar-refractivity contribution in [3.63, 3.8) is 0 Å². The average molecular weight is 326 g/mol. The van der Waals surface area contributed by atoms with Gasteiger partial charge < -0.3 is 10.6 Å². The first-order valence-corrected chi connectivity index (χ1v) is 8.75. The summed E-state index contributed by atoms with van der Waals surface area (Å²) in [6.45, 7) is 9.47. The lowest BCUT2D eigenvalue weighted by atomic mass is 10.1. The van der Waals surface area contributed by atoms with Crippen molar-refractivity contribution in [1.29, 1.82) is 0 Å². The minimum atomic E-state index is -3.39. The number of rotatable bonds is 5. The first-order chi connectivity index (χ1) is 10.2. The number of benzene rings is 1. The zero-order valence-corrected chi connectivity index (χ0v) is 14.7. The molecule has 0 heterocycles. The standard InChI is InChI=1S/C15H26N4O2S/c1-6-17-14(19-15(2,3)4)18-11-12-7-9-13(10-8-12)22(20,21)16-5/h7-10,16H,6,11H2,1-5H3,(H2,17,18,19). The first-order valence-electron chi connectivity index (χ1n) is 7.27. The summed E-state index contributed by atoms with van der Waals surface area (Å²) in [6, 6.07) is 6.71. The van der Waals surface area contributed by atoms with Gasteiger partial charge >= 0.3 is 0 Å². The van der Waals surface area contributed by atoms with Gasteiger partial charge in [-0.15, -0.1) is 0 Å². The minimum Gasteiger partial charge on any atom is -0.357 e. The van der Waals surface area contributed by atoms with Crippen molar-refractivity contribution >= 4 is 16.0 Å². The van der Waals surface area contributed by atoms with Gasteiger partial charge in [-0.1, -0.05) is 12.1 Å². The molecular formula is C15H26N4O2S. The van der Waals surface area contributed by atoms with Crippen LogP contribution in [0.3, 0.4) is 0 Å². The Hall–Kier alpha value is -1.60. The largest absolute Gasteiger partial charge is 0.357 e. The molecule has 0 unspecified atom stereocenters. The van der Waals surface area contributed by atoms with Crippen LogP contribution in [0, 0.1) is 0 Å². The number of hydrogen-bond acceptors (Lipinski definition) is 3. The second-order valence-corrected chi connectivity index (χ2v) is 7.81. The highest BCUT2D eigenvalue weighted by molar-refractivity contribution is 7.89. The van der Waals surface area contributed by atoms with E-state index in [0.29, 0.717) is 6.54 Å². The van der Waals surface area contributed by atoms with Gasteiger partial charge in [0.1, 0.15) is 0 Å². The van der Waals surface area contributed by atoms with Gasteiger partial charge in [0.25, 0.3) is 0 Å². The predicted octanol–water partition coefficient (Wildman–Crippen LogP) is 1.45. The van der Waals surface area contributed by atoms with E-state index in [1.54, 1.807) is 24.3 Å². The molecule has 1 rings (SSSR count). The molecular weight excluding hydrogens is 300 g/mol. The third-order valence-corrected chi connectivity index (χ3v) is 4.19.